The zero-order chi connectivity index (χ0) is 22.1. The van der Waals surface area contributed by atoms with E-state index in [0.29, 0.717) is 12.1 Å². The smallest absolute Gasteiger partial charge is 0.261 e. The molecule has 0 amide bonds. The average molecular weight is 460 g/mol. The monoisotopic (exact) mass is 460 g/mol. The van der Waals surface area contributed by atoms with E-state index in [9.17, 15) is 34.4 Å². The maximum Gasteiger partial charge on any atom is 0.261 e. The largest absolute Gasteiger partial charge is 0.277 e. The highest BCUT2D eigenvalue weighted by Gasteiger charge is 2.22. The quantitative estimate of drug-likeness (QED) is 0.547. The fourth-order valence-corrected chi connectivity index (χ4v) is 4.49. The second kappa shape index (κ2) is 7.95. The van der Waals surface area contributed by atoms with Crippen LogP contribution in [0.5, 0.6) is 0 Å². The standard InChI is InChI=1S/C18H12F4N2O4S2/c19-11-1-5-13(6-2-11)29(25,26)23-17-9-15(21)16(22)10-18(17)24-30(27,28)14-7-3-12(20)4-8-14/h1-10,23-24H. The Morgan fingerprint density at radius 2 is 0.833 bits per heavy atom. The molecule has 0 aliphatic carbocycles. The molecule has 0 radical (unpaired) electrons. The molecule has 0 aromatic heterocycles. The van der Waals surface area contributed by atoms with Crippen LogP contribution in [-0.2, 0) is 20.0 Å². The Hall–Kier alpha value is -3.12. The van der Waals surface area contributed by atoms with Crippen molar-refractivity contribution in [3.05, 3.63) is 83.9 Å². The van der Waals surface area contributed by atoms with Crippen LogP contribution >= 0.6 is 0 Å². The molecule has 158 valence electrons. The lowest BCUT2D eigenvalue weighted by atomic mass is 10.2. The molecule has 2 N–H and O–H groups in total. The van der Waals surface area contributed by atoms with E-state index in [1.165, 1.54) is 0 Å². The third-order valence-corrected chi connectivity index (χ3v) is 6.56. The minimum atomic E-state index is -4.40. The molecule has 0 saturated heterocycles. The van der Waals surface area contributed by atoms with Gasteiger partial charge in [0.1, 0.15) is 11.6 Å². The van der Waals surface area contributed by atoms with E-state index in [0.717, 1.165) is 48.5 Å². The van der Waals surface area contributed by atoms with Crippen molar-refractivity contribution in [3.8, 4) is 0 Å². The van der Waals surface area contributed by atoms with Crippen molar-refractivity contribution in [1.29, 1.82) is 0 Å². The molecule has 3 rings (SSSR count). The Kier molecular flexibility index (Phi) is 5.72. The second-order valence-electron chi connectivity index (χ2n) is 5.93. The molecule has 0 fully saturated rings. The van der Waals surface area contributed by atoms with E-state index in [1.54, 1.807) is 0 Å². The van der Waals surface area contributed by atoms with Gasteiger partial charge in [-0.15, -0.1) is 0 Å². The molecule has 0 bridgehead atoms. The maximum atomic E-state index is 13.7. The zero-order valence-corrected chi connectivity index (χ0v) is 16.4. The summed E-state index contributed by atoms with van der Waals surface area (Å²) in [5, 5.41) is 0. The van der Waals surface area contributed by atoms with Gasteiger partial charge < -0.3 is 0 Å². The summed E-state index contributed by atoms with van der Waals surface area (Å²) in [5.74, 6) is -4.29. The molecule has 0 aliphatic heterocycles. The molecule has 6 nitrogen and oxygen atoms in total. The fourth-order valence-electron chi connectivity index (χ4n) is 2.35. The summed E-state index contributed by atoms with van der Waals surface area (Å²) >= 11 is 0. The van der Waals surface area contributed by atoms with Crippen LogP contribution < -0.4 is 9.44 Å². The summed E-state index contributed by atoms with van der Waals surface area (Å²) in [6, 6.07) is 8.10. The van der Waals surface area contributed by atoms with Gasteiger partial charge in [0.25, 0.3) is 20.0 Å². The molecule has 30 heavy (non-hydrogen) atoms. The van der Waals surface area contributed by atoms with Crippen molar-refractivity contribution < 1.29 is 34.4 Å². The van der Waals surface area contributed by atoms with Crippen LogP contribution in [-0.4, -0.2) is 16.8 Å². The first-order valence-electron chi connectivity index (χ1n) is 8.04. The van der Waals surface area contributed by atoms with E-state index in [4.69, 9.17) is 0 Å². The molecule has 3 aromatic carbocycles. The summed E-state index contributed by atoms with van der Waals surface area (Å²) < 4.78 is 107. The van der Waals surface area contributed by atoms with Gasteiger partial charge in [0, 0.05) is 12.1 Å². The van der Waals surface area contributed by atoms with Crippen molar-refractivity contribution in [2.24, 2.45) is 0 Å². The third-order valence-electron chi connectivity index (χ3n) is 3.80. The number of halogens is 4. The van der Waals surface area contributed by atoms with Gasteiger partial charge in [0.15, 0.2) is 11.6 Å². The van der Waals surface area contributed by atoms with Crippen LogP contribution in [0.2, 0.25) is 0 Å². The van der Waals surface area contributed by atoms with Crippen LogP contribution in [0.3, 0.4) is 0 Å². The minimum absolute atomic E-state index is 0.402. The molecule has 0 atom stereocenters. The summed E-state index contributed by atoms with van der Waals surface area (Å²) in [6.45, 7) is 0. The minimum Gasteiger partial charge on any atom is -0.277 e. The molecule has 0 aliphatic rings. The Morgan fingerprint density at radius 1 is 0.533 bits per heavy atom. The predicted octanol–water partition coefficient (Wildman–Crippen LogP) is 3.84. The molecule has 0 saturated carbocycles. The maximum absolute atomic E-state index is 13.7. The van der Waals surface area contributed by atoms with Crippen molar-refractivity contribution in [3.63, 3.8) is 0 Å². The number of rotatable bonds is 6. The number of sulfonamides is 2. The van der Waals surface area contributed by atoms with E-state index in [1.807, 2.05) is 9.44 Å². The van der Waals surface area contributed by atoms with Crippen molar-refractivity contribution in [2.45, 2.75) is 9.79 Å². The lowest BCUT2D eigenvalue weighted by Crippen LogP contribution is -2.18. The highest BCUT2D eigenvalue weighted by Crippen LogP contribution is 2.30. The Morgan fingerprint density at radius 3 is 1.13 bits per heavy atom. The lowest BCUT2D eigenvalue weighted by Gasteiger charge is -2.15. The molecule has 12 heteroatoms. The average Bonchev–Trinajstić information content (AvgIpc) is 2.66. The Balaban J connectivity index is 2.01. The molecular formula is C18H12F4N2O4S2. The summed E-state index contributed by atoms with van der Waals surface area (Å²) in [5.41, 5.74) is -1.24. The molecule has 0 heterocycles. The topological polar surface area (TPSA) is 92.3 Å². The van der Waals surface area contributed by atoms with E-state index in [-0.39, 0.29) is 0 Å². The van der Waals surface area contributed by atoms with Crippen molar-refractivity contribution in [1.82, 2.24) is 0 Å². The highest BCUT2D eigenvalue weighted by molar-refractivity contribution is 7.93. The Labute approximate surface area is 169 Å². The SMILES string of the molecule is O=S(=O)(Nc1cc(F)c(F)cc1NS(=O)(=O)c1ccc(F)cc1)c1ccc(F)cc1. The van der Waals surface area contributed by atoms with E-state index < -0.39 is 64.5 Å². The van der Waals surface area contributed by atoms with Crippen LogP contribution in [0.1, 0.15) is 0 Å². The highest BCUT2D eigenvalue weighted by atomic mass is 32.2. The predicted molar refractivity (Wildman–Crippen MR) is 101 cm³/mol. The Bertz CT molecular complexity index is 1190. The number of anilines is 2. The summed E-state index contributed by atoms with van der Waals surface area (Å²) in [4.78, 5) is -0.804. The molecule has 0 unspecified atom stereocenters. The lowest BCUT2D eigenvalue weighted by molar-refractivity contribution is 0.509. The van der Waals surface area contributed by atoms with Gasteiger partial charge in [-0.3, -0.25) is 9.44 Å². The van der Waals surface area contributed by atoms with Gasteiger partial charge in [-0.25, -0.2) is 34.4 Å². The molecular weight excluding hydrogens is 448 g/mol. The molecule has 3 aromatic rings. The molecule has 0 spiro atoms. The number of nitrogens with one attached hydrogen (secondary N) is 2. The number of hydrogen-bond acceptors (Lipinski definition) is 4. The first kappa shape index (κ1) is 21.6. The van der Waals surface area contributed by atoms with Gasteiger partial charge in [0.05, 0.1) is 21.2 Å². The van der Waals surface area contributed by atoms with Crippen molar-refractivity contribution >= 4 is 31.4 Å². The number of hydrogen-bond donors (Lipinski definition) is 2. The van der Waals surface area contributed by atoms with E-state index >= 15 is 0 Å². The zero-order valence-electron chi connectivity index (χ0n) is 14.7. The normalized spacial score (nSPS) is 11.9. The number of benzene rings is 3. The van der Waals surface area contributed by atoms with Crippen LogP contribution in [0.4, 0.5) is 28.9 Å². The first-order valence-corrected chi connectivity index (χ1v) is 11.0. The van der Waals surface area contributed by atoms with Gasteiger partial charge in [0.2, 0.25) is 0 Å². The van der Waals surface area contributed by atoms with Gasteiger partial charge in [-0.1, -0.05) is 0 Å². The summed E-state index contributed by atoms with van der Waals surface area (Å²) in [7, 11) is -8.80. The van der Waals surface area contributed by atoms with Gasteiger partial charge >= 0.3 is 0 Å². The third kappa shape index (κ3) is 4.71. The van der Waals surface area contributed by atoms with Crippen LogP contribution in [0.25, 0.3) is 0 Å². The van der Waals surface area contributed by atoms with Gasteiger partial charge in [-0.2, -0.15) is 0 Å². The second-order valence-corrected chi connectivity index (χ2v) is 9.30. The van der Waals surface area contributed by atoms with Gasteiger partial charge in [-0.05, 0) is 48.5 Å². The van der Waals surface area contributed by atoms with E-state index in [2.05, 4.69) is 0 Å². The fraction of sp³-hybridized carbons (Fsp3) is 0. The van der Waals surface area contributed by atoms with Crippen LogP contribution in [0, 0.1) is 23.3 Å². The van der Waals surface area contributed by atoms with Crippen LogP contribution in [0.15, 0.2) is 70.5 Å². The first-order chi connectivity index (χ1) is 14.0. The summed E-state index contributed by atoms with van der Waals surface area (Å²) in [6.07, 6.45) is 0. The van der Waals surface area contributed by atoms with Crippen molar-refractivity contribution in [2.75, 3.05) is 9.44 Å².